The molecule has 1 aromatic rings. The molecule has 2 unspecified atom stereocenters. The van der Waals surface area contributed by atoms with E-state index in [1.54, 1.807) is 7.05 Å². The van der Waals surface area contributed by atoms with Crippen molar-refractivity contribution in [2.75, 3.05) is 13.7 Å². The number of nitrogens with zero attached hydrogens (tertiary/aromatic N) is 2. The van der Waals surface area contributed by atoms with Crippen LogP contribution < -0.4 is 0 Å². The van der Waals surface area contributed by atoms with Crippen molar-refractivity contribution in [1.82, 2.24) is 4.90 Å². The van der Waals surface area contributed by atoms with Crippen LogP contribution in [-0.2, 0) is 9.53 Å². The Morgan fingerprint density at radius 3 is 3.12 bits per heavy atom. The van der Waals surface area contributed by atoms with E-state index in [1.807, 2.05) is 17.5 Å². The molecule has 4 nitrogen and oxygen atoms in total. The van der Waals surface area contributed by atoms with E-state index in [-0.39, 0.29) is 12.0 Å². The molecule has 1 aliphatic heterocycles. The minimum absolute atomic E-state index is 0.0950. The van der Waals surface area contributed by atoms with Crippen LogP contribution in [0.1, 0.15) is 23.8 Å². The first-order chi connectivity index (χ1) is 8.24. The second kappa shape index (κ2) is 5.30. The van der Waals surface area contributed by atoms with Gasteiger partial charge in [-0.05, 0) is 24.3 Å². The van der Waals surface area contributed by atoms with E-state index in [9.17, 15) is 10.1 Å². The van der Waals surface area contributed by atoms with Crippen molar-refractivity contribution in [1.29, 1.82) is 5.26 Å². The van der Waals surface area contributed by atoms with E-state index in [2.05, 4.69) is 6.07 Å². The van der Waals surface area contributed by atoms with Crippen molar-refractivity contribution in [2.24, 2.45) is 0 Å². The lowest BCUT2D eigenvalue weighted by atomic mass is 10.1. The Morgan fingerprint density at radius 1 is 1.76 bits per heavy atom. The summed E-state index contributed by atoms with van der Waals surface area (Å²) < 4.78 is 5.35. The zero-order valence-corrected chi connectivity index (χ0v) is 10.4. The summed E-state index contributed by atoms with van der Waals surface area (Å²) in [7, 11) is 1.66. The van der Waals surface area contributed by atoms with Gasteiger partial charge in [-0.25, -0.2) is 0 Å². The van der Waals surface area contributed by atoms with Crippen molar-refractivity contribution in [3.8, 4) is 6.07 Å². The third-order valence-corrected chi connectivity index (χ3v) is 3.80. The maximum Gasteiger partial charge on any atom is 0.252 e. The molecule has 0 radical (unpaired) electrons. The average Bonchev–Trinajstić information content (AvgIpc) is 3.01. The summed E-state index contributed by atoms with van der Waals surface area (Å²) in [5, 5.41) is 11.1. The van der Waals surface area contributed by atoms with Gasteiger partial charge in [-0.2, -0.15) is 5.26 Å². The minimum atomic E-state index is -0.508. The van der Waals surface area contributed by atoms with Gasteiger partial charge in [0, 0.05) is 18.5 Å². The molecule has 1 fully saturated rings. The fourth-order valence-electron chi connectivity index (χ4n) is 1.91. The van der Waals surface area contributed by atoms with Crippen LogP contribution >= 0.6 is 11.3 Å². The second-order valence-corrected chi connectivity index (χ2v) is 4.98. The normalized spacial score (nSPS) is 20.8. The number of hydrogen-bond acceptors (Lipinski definition) is 4. The summed E-state index contributed by atoms with van der Waals surface area (Å²) >= 11 is 1.49. The molecule has 2 rings (SSSR count). The Kier molecular flexibility index (Phi) is 3.77. The lowest BCUT2D eigenvalue weighted by Crippen LogP contribution is -2.37. The van der Waals surface area contributed by atoms with Gasteiger partial charge in [0.2, 0.25) is 0 Å². The van der Waals surface area contributed by atoms with Crippen LogP contribution in [0.3, 0.4) is 0 Å². The van der Waals surface area contributed by atoms with Crippen LogP contribution in [0, 0.1) is 11.3 Å². The molecule has 2 heterocycles. The molecule has 1 aliphatic rings. The van der Waals surface area contributed by atoms with Crippen molar-refractivity contribution in [3.63, 3.8) is 0 Å². The highest BCUT2D eigenvalue weighted by molar-refractivity contribution is 7.10. The lowest BCUT2D eigenvalue weighted by Gasteiger charge is -2.24. The number of carbonyl (C=O) groups excluding carboxylic acids is 1. The lowest BCUT2D eigenvalue weighted by molar-refractivity contribution is -0.140. The first-order valence-corrected chi connectivity index (χ1v) is 6.43. The number of ether oxygens (including phenoxy) is 1. The first kappa shape index (κ1) is 12.1. The molecule has 5 heteroatoms. The van der Waals surface area contributed by atoms with E-state index in [1.165, 1.54) is 16.2 Å². The van der Waals surface area contributed by atoms with Gasteiger partial charge in [-0.15, -0.1) is 11.3 Å². The Labute approximate surface area is 104 Å². The first-order valence-electron chi connectivity index (χ1n) is 5.55. The third-order valence-electron chi connectivity index (χ3n) is 2.88. The number of thiophene rings is 1. The van der Waals surface area contributed by atoms with Crippen LogP contribution in [0.15, 0.2) is 17.5 Å². The van der Waals surface area contributed by atoms with Crippen LogP contribution in [0.4, 0.5) is 0 Å². The van der Waals surface area contributed by atoms with E-state index in [4.69, 9.17) is 4.74 Å². The maximum atomic E-state index is 12.1. The zero-order chi connectivity index (χ0) is 12.3. The van der Waals surface area contributed by atoms with E-state index < -0.39 is 6.04 Å². The highest BCUT2D eigenvalue weighted by Gasteiger charge is 2.31. The SMILES string of the molecule is CN(C(=O)C1CCCO1)C(C#N)c1cccs1. The summed E-state index contributed by atoms with van der Waals surface area (Å²) in [6.07, 6.45) is 1.31. The van der Waals surface area contributed by atoms with Crippen LogP contribution in [0.5, 0.6) is 0 Å². The summed E-state index contributed by atoms with van der Waals surface area (Å²) in [5.41, 5.74) is 0. The van der Waals surface area contributed by atoms with E-state index >= 15 is 0 Å². The van der Waals surface area contributed by atoms with Gasteiger partial charge in [-0.1, -0.05) is 6.07 Å². The highest BCUT2D eigenvalue weighted by Crippen LogP contribution is 2.25. The van der Waals surface area contributed by atoms with Crippen molar-refractivity contribution in [2.45, 2.75) is 25.0 Å². The predicted molar refractivity (Wildman–Crippen MR) is 64.4 cm³/mol. The monoisotopic (exact) mass is 250 g/mol. The van der Waals surface area contributed by atoms with Gasteiger partial charge in [-0.3, -0.25) is 4.79 Å². The number of hydrogen-bond donors (Lipinski definition) is 0. The fraction of sp³-hybridized carbons (Fsp3) is 0.500. The summed E-state index contributed by atoms with van der Waals surface area (Å²) in [6.45, 7) is 0.639. The molecular formula is C12H14N2O2S. The van der Waals surface area contributed by atoms with Gasteiger partial charge < -0.3 is 9.64 Å². The molecule has 0 saturated carbocycles. The van der Waals surface area contributed by atoms with Gasteiger partial charge in [0.05, 0.1) is 6.07 Å². The molecule has 0 N–H and O–H groups in total. The van der Waals surface area contributed by atoms with E-state index in [0.29, 0.717) is 6.61 Å². The number of likely N-dealkylation sites (N-methyl/N-ethyl adjacent to an activating group) is 1. The van der Waals surface area contributed by atoms with Crippen LogP contribution in [-0.4, -0.2) is 30.6 Å². The number of rotatable bonds is 3. The Morgan fingerprint density at radius 2 is 2.59 bits per heavy atom. The highest BCUT2D eigenvalue weighted by atomic mass is 32.1. The van der Waals surface area contributed by atoms with Crippen molar-refractivity contribution >= 4 is 17.2 Å². The summed E-state index contributed by atoms with van der Waals surface area (Å²) in [5.74, 6) is -0.0950. The molecule has 0 bridgehead atoms. The molecule has 0 aliphatic carbocycles. The summed E-state index contributed by atoms with van der Waals surface area (Å²) in [4.78, 5) is 14.5. The Bertz CT molecular complexity index is 418. The van der Waals surface area contributed by atoms with Gasteiger partial charge in [0.25, 0.3) is 5.91 Å². The predicted octanol–water partition coefficient (Wildman–Crippen LogP) is 1.95. The fourth-order valence-corrected chi connectivity index (χ4v) is 2.73. The molecule has 90 valence electrons. The van der Waals surface area contributed by atoms with Crippen LogP contribution in [0.2, 0.25) is 0 Å². The maximum absolute atomic E-state index is 12.1. The quantitative estimate of drug-likeness (QED) is 0.824. The number of carbonyl (C=O) groups is 1. The molecule has 2 atom stereocenters. The topological polar surface area (TPSA) is 53.3 Å². The molecule has 1 saturated heterocycles. The van der Waals surface area contributed by atoms with E-state index in [0.717, 1.165) is 17.7 Å². The van der Waals surface area contributed by atoms with Gasteiger partial charge >= 0.3 is 0 Å². The third kappa shape index (κ3) is 2.48. The standard InChI is InChI=1S/C12H14N2O2S/c1-14(12(15)10-4-2-6-16-10)9(8-13)11-5-3-7-17-11/h3,5,7,9-10H,2,4,6H2,1H3. The van der Waals surface area contributed by atoms with Crippen molar-refractivity contribution < 1.29 is 9.53 Å². The Hall–Kier alpha value is -1.38. The smallest absolute Gasteiger partial charge is 0.252 e. The minimum Gasteiger partial charge on any atom is -0.368 e. The molecule has 1 aromatic heterocycles. The van der Waals surface area contributed by atoms with Gasteiger partial charge in [0.1, 0.15) is 6.10 Å². The molecule has 0 spiro atoms. The molecular weight excluding hydrogens is 236 g/mol. The largest absolute Gasteiger partial charge is 0.368 e. The molecule has 17 heavy (non-hydrogen) atoms. The summed E-state index contributed by atoms with van der Waals surface area (Å²) in [6, 6.07) is 5.42. The van der Waals surface area contributed by atoms with Gasteiger partial charge in [0.15, 0.2) is 6.04 Å². The average molecular weight is 250 g/mol. The van der Waals surface area contributed by atoms with Crippen molar-refractivity contribution in [3.05, 3.63) is 22.4 Å². The number of nitriles is 1. The molecule has 0 aromatic carbocycles. The number of amides is 1. The zero-order valence-electron chi connectivity index (χ0n) is 9.63. The second-order valence-electron chi connectivity index (χ2n) is 4.00. The Balaban J connectivity index is 2.10. The molecule has 1 amide bonds. The van der Waals surface area contributed by atoms with Crippen LogP contribution in [0.25, 0.3) is 0 Å².